The third kappa shape index (κ3) is 14.9. The molecule has 2 N–H and O–H groups in total. The van der Waals surface area contributed by atoms with Crippen molar-refractivity contribution in [2.45, 2.75) is 25.7 Å². The summed E-state index contributed by atoms with van der Waals surface area (Å²) in [7, 11) is -4.42. The van der Waals surface area contributed by atoms with Gasteiger partial charge in [-0.2, -0.15) is 13.1 Å². The second kappa shape index (κ2) is 19.2. The van der Waals surface area contributed by atoms with Gasteiger partial charge in [-0.15, -0.1) is 11.8 Å². The lowest BCUT2D eigenvalue weighted by Crippen LogP contribution is -2.42. The highest BCUT2D eigenvalue weighted by atomic mass is 32.2. The van der Waals surface area contributed by atoms with Gasteiger partial charge in [0.15, 0.2) is 14.5 Å². The van der Waals surface area contributed by atoms with Gasteiger partial charge in [0.2, 0.25) is 0 Å². The zero-order valence-corrected chi connectivity index (χ0v) is 28.1. The number of carbonyl (C=O) groups is 4. The van der Waals surface area contributed by atoms with Gasteiger partial charge in [-0.05, 0) is 48.5 Å². The summed E-state index contributed by atoms with van der Waals surface area (Å²) in [5.74, 6) is 7.33. The van der Waals surface area contributed by atoms with E-state index in [1.807, 2.05) is 17.9 Å². The van der Waals surface area contributed by atoms with Crippen molar-refractivity contribution in [3.8, 4) is 11.8 Å². The summed E-state index contributed by atoms with van der Waals surface area (Å²) in [6, 6.07) is 0. The van der Waals surface area contributed by atoms with Crippen LogP contribution in [0.1, 0.15) is 25.7 Å². The highest BCUT2D eigenvalue weighted by molar-refractivity contribution is 8.14. The predicted octanol–water partition coefficient (Wildman–Crippen LogP) is 3.22. The van der Waals surface area contributed by atoms with Crippen LogP contribution >= 0.6 is 32.3 Å². The summed E-state index contributed by atoms with van der Waals surface area (Å²) in [4.78, 5) is 48.3. The van der Waals surface area contributed by atoms with E-state index in [0.717, 1.165) is 30.6 Å². The van der Waals surface area contributed by atoms with Crippen molar-refractivity contribution in [1.29, 1.82) is 10.0 Å². The Labute approximate surface area is 256 Å². The van der Waals surface area contributed by atoms with Crippen molar-refractivity contribution < 1.29 is 51.3 Å². The lowest BCUT2D eigenvalue weighted by atomic mass is 10.1. The van der Waals surface area contributed by atoms with Crippen molar-refractivity contribution in [2.24, 2.45) is 17.8 Å². The van der Waals surface area contributed by atoms with E-state index in [2.05, 4.69) is 16.6 Å². The van der Waals surface area contributed by atoms with E-state index in [-0.39, 0.29) is 65.2 Å². The summed E-state index contributed by atoms with van der Waals surface area (Å²) in [5, 5.41) is 18.4. The third-order valence-electron chi connectivity index (χ3n) is 6.26. The number of nitrogens with one attached hydrogen (secondary N) is 2. The molecule has 0 bridgehead atoms. The maximum absolute atomic E-state index is 12.4. The molecule has 0 aromatic carbocycles. The highest BCUT2D eigenvalue weighted by Crippen LogP contribution is 2.52. The zero-order chi connectivity index (χ0) is 31.8. The van der Waals surface area contributed by atoms with Gasteiger partial charge in [-0.3, -0.25) is 0 Å². The zero-order valence-electron chi connectivity index (χ0n) is 23.2. The second-order valence-electron chi connectivity index (χ2n) is 9.15. The van der Waals surface area contributed by atoms with Crippen molar-refractivity contribution in [3.63, 3.8) is 0 Å². The van der Waals surface area contributed by atoms with Crippen LogP contribution in [0.5, 0.6) is 0 Å². The molecular weight excluding hydrogens is 666 g/mol. The number of amides is 2. The van der Waals surface area contributed by atoms with Gasteiger partial charge in [0.1, 0.15) is 19.8 Å². The average Bonchev–Trinajstić information content (AvgIpc) is 3.58. The molecule has 2 aliphatic rings. The van der Waals surface area contributed by atoms with Crippen LogP contribution in [0, 0.1) is 39.6 Å². The molecule has 240 valence electrons. The van der Waals surface area contributed by atoms with E-state index in [1.165, 1.54) is 0 Å². The quantitative estimate of drug-likeness (QED) is 0.102. The molecule has 0 aromatic heterocycles. The summed E-state index contributed by atoms with van der Waals surface area (Å²) in [5.41, 5.74) is -1.72. The topological polar surface area (TPSA) is 223 Å². The molecule has 21 heteroatoms. The summed E-state index contributed by atoms with van der Waals surface area (Å²) >= 11 is 0. The first kappa shape index (κ1) is 37.0. The van der Waals surface area contributed by atoms with Crippen LogP contribution in [0.3, 0.4) is 0 Å². The number of ether oxygens (including phenoxy) is 5. The average molecular weight is 702 g/mol. The first-order chi connectivity index (χ1) is 20.4. The van der Waals surface area contributed by atoms with Gasteiger partial charge in [-0.1, -0.05) is 0 Å². The monoisotopic (exact) mass is 701 g/mol. The standard InChI is InChI=1S/C22H35N5O11P4S/c23-41(39)21(30)36-11-8-27(9-12-37-22(31)42(24)40)20(29)35-14-13-34-10-7-25-43(32,33)26-19(28)38-15-18-16-5-3-1-2-4-6-17(16)18/h16-18,25H,3-15,39-40H2,(H,26,28)/t16-,17+,18?. The van der Waals surface area contributed by atoms with Crippen molar-refractivity contribution in [3.05, 3.63) is 0 Å². The summed E-state index contributed by atoms with van der Waals surface area (Å²) in [6.45, 7) is -1.26. The number of carbonyl (C=O) groups excluding carboxylic acids is 4. The van der Waals surface area contributed by atoms with Crippen LogP contribution < -0.4 is 9.44 Å². The first-order valence-corrected chi connectivity index (χ1v) is 20.4. The van der Waals surface area contributed by atoms with E-state index in [9.17, 15) is 37.6 Å². The molecule has 0 heterocycles. The Morgan fingerprint density at radius 2 is 1.40 bits per heavy atom. The highest BCUT2D eigenvalue weighted by Gasteiger charge is 2.49. The van der Waals surface area contributed by atoms with Gasteiger partial charge < -0.3 is 28.6 Å². The largest absolute Gasteiger partial charge is 0.456 e. The van der Waals surface area contributed by atoms with Crippen LogP contribution in [0.15, 0.2) is 0 Å². The Morgan fingerprint density at radius 3 is 1.93 bits per heavy atom. The number of nitrogens with zero attached hydrogens (tertiary/aromatic N) is 3. The molecule has 1 fully saturated rings. The Morgan fingerprint density at radius 1 is 0.837 bits per heavy atom. The Kier molecular flexibility index (Phi) is 16.5. The van der Waals surface area contributed by atoms with Crippen LogP contribution in [-0.4, -0.2) is 96.2 Å². The number of hydrogen-bond acceptors (Lipinski definition) is 13. The lowest BCUT2D eigenvalue weighted by molar-refractivity contribution is 0.0489. The maximum atomic E-state index is 12.4. The number of rotatable bonds is 16. The molecule has 0 aliphatic heterocycles. The molecule has 16 nitrogen and oxygen atoms in total. The second-order valence-corrected chi connectivity index (χ2v) is 15.7. The minimum Gasteiger partial charge on any atom is -0.456 e. The van der Waals surface area contributed by atoms with E-state index >= 15 is 0 Å². The molecule has 0 aromatic rings. The van der Waals surface area contributed by atoms with Crippen LogP contribution in [0.2, 0.25) is 0 Å². The molecule has 0 spiro atoms. The normalized spacial score (nSPS) is 19.5. The van der Waals surface area contributed by atoms with Crippen molar-refractivity contribution in [1.82, 2.24) is 14.3 Å². The molecule has 1 saturated carbocycles. The Balaban J connectivity index is 1.61. The smallest absolute Gasteiger partial charge is 0.421 e. The van der Waals surface area contributed by atoms with E-state index in [4.69, 9.17) is 23.7 Å². The van der Waals surface area contributed by atoms with E-state index < -0.39 is 48.3 Å². The molecule has 0 radical (unpaired) electrons. The molecule has 5 unspecified atom stereocenters. The SMILES string of the molecule is N#P(P)C(=O)OCCN(CCOC(=O)P(#N)P)C(=O)OCCOCCNS(=O)(=O)NC(=O)OCC1[C@H]2CCC#CCC[C@@H]12. The maximum Gasteiger partial charge on any atom is 0.421 e. The minimum atomic E-state index is -4.17. The van der Waals surface area contributed by atoms with Crippen molar-refractivity contribution in [2.75, 3.05) is 59.3 Å². The fourth-order valence-electron chi connectivity index (χ4n) is 4.17. The fourth-order valence-corrected chi connectivity index (χ4v) is 5.77. The molecule has 0 saturated heterocycles. The van der Waals surface area contributed by atoms with Crippen LogP contribution in [0.25, 0.3) is 0 Å². The van der Waals surface area contributed by atoms with Crippen LogP contribution in [0.4, 0.5) is 19.2 Å². The van der Waals surface area contributed by atoms with Gasteiger partial charge in [0, 0.05) is 19.4 Å². The summed E-state index contributed by atoms with van der Waals surface area (Å²) < 4.78 is 53.1. The Bertz CT molecular complexity index is 1260. The fraction of sp³-hybridized carbons (Fsp3) is 0.727. The molecule has 43 heavy (non-hydrogen) atoms. The Hall–Kier alpha value is -2.21. The predicted molar refractivity (Wildman–Crippen MR) is 161 cm³/mol. The van der Waals surface area contributed by atoms with Gasteiger partial charge in [0.25, 0.3) is 0 Å². The van der Waals surface area contributed by atoms with Gasteiger partial charge in [-0.25, -0.2) is 33.9 Å². The lowest BCUT2D eigenvalue weighted by Gasteiger charge is -2.21. The molecular formula is C22H35N5O11P4S. The number of fused-ring (bicyclic) bond motifs is 1. The minimum absolute atomic E-state index is 0.0980. The number of hydrogen-bond donors (Lipinski definition) is 2. The van der Waals surface area contributed by atoms with Crippen LogP contribution in [-0.2, 0) is 33.9 Å². The van der Waals surface area contributed by atoms with Gasteiger partial charge >= 0.3 is 33.8 Å². The first-order valence-electron chi connectivity index (χ1n) is 13.1. The summed E-state index contributed by atoms with van der Waals surface area (Å²) in [6.07, 6.45) is 1.63. The molecule has 2 rings (SSSR count). The van der Waals surface area contributed by atoms with E-state index in [0.29, 0.717) is 11.8 Å². The molecule has 2 amide bonds. The third-order valence-corrected chi connectivity index (χ3v) is 9.55. The molecule has 2 aliphatic carbocycles. The van der Waals surface area contributed by atoms with E-state index in [1.54, 1.807) is 4.72 Å². The van der Waals surface area contributed by atoms with Gasteiger partial charge in [0.05, 0.1) is 32.9 Å². The van der Waals surface area contributed by atoms with Crippen molar-refractivity contribution >= 4 is 66.2 Å². The molecule has 7 atom stereocenters.